The summed E-state index contributed by atoms with van der Waals surface area (Å²) in [5, 5.41) is 4.86. The van der Waals surface area contributed by atoms with Crippen LogP contribution in [-0.2, 0) is 0 Å². The van der Waals surface area contributed by atoms with Crippen molar-refractivity contribution in [2.45, 2.75) is 65.3 Å². The summed E-state index contributed by atoms with van der Waals surface area (Å²) in [5.74, 6) is 0. The van der Waals surface area contributed by atoms with Gasteiger partial charge < -0.3 is 5.32 Å². The zero-order chi connectivity index (χ0) is 13.7. The average Bonchev–Trinajstić information content (AvgIpc) is 2.66. The molecule has 1 aliphatic rings. The minimum atomic E-state index is 0.397. The molecular formula is C16H26N2S. The molecule has 1 unspecified atom stereocenters. The predicted molar refractivity (Wildman–Crippen MR) is 83.8 cm³/mol. The Morgan fingerprint density at radius 3 is 2.74 bits per heavy atom. The molecule has 2 nitrogen and oxygen atoms in total. The smallest absolute Gasteiger partial charge is 0.0900 e. The van der Waals surface area contributed by atoms with Crippen LogP contribution in [0, 0.1) is 13.8 Å². The van der Waals surface area contributed by atoms with Crippen molar-refractivity contribution in [3.8, 4) is 0 Å². The molecule has 0 saturated heterocycles. The second-order valence-electron chi connectivity index (χ2n) is 5.41. The van der Waals surface area contributed by atoms with Crippen LogP contribution in [0.25, 0.3) is 0 Å². The Hall–Kier alpha value is -0.670. The number of rotatable bonds is 4. The molecule has 1 aromatic heterocycles. The zero-order valence-corrected chi connectivity index (χ0v) is 13.3. The molecule has 1 heterocycles. The van der Waals surface area contributed by atoms with Crippen LogP contribution in [0.2, 0.25) is 0 Å². The normalized spacial score (nSPS) is 18.6. The maximum atomic E-state index is 4.60. The van der Waals surface area contributed by atoms with Gasteiger partial charge >= 0.3 is 0 Å². The highest BCUT2D eigenvalue weighted by atomic mass is 32.1. The molecule has 0 amide bonds. The van der Waals surface area contributed by atoms with Crippen LogP contribution in [0.4, 0.5) is 0 Å². The summed E-state index contributed by atoms with van der Waals surface area (Å²) >= 11 is 1.85. The van der Waals surface area contributed by atoms with Crippen LogP contribution >= 0.6 is 11.3 Å². The van der Waals surface area contributed by atoms with E-state index < -0.39 is 0 Å². The van der Waals surface area contributed by atoms with E-state index in [1.54, 1.807) is 5.57 Å². The highest BCUT2D eigenvalue weighted by Crippen LogP contribution is 2.33. The first-order chi connectivity index (χ1) is 9.22. The first kappa shape index (κ1) is 14.7. The van der Waals surface area contributed by atoms with Gasteiger partial charge in [0, 0.05) is 4.88 Å². The maximum absolute atomic E-state index is 4.60. The second-order valence-corrected chi connectivity index (χ2v) is 6.64. The fourth-order valence-electron chi connectivity index (χ4n) is 2.89. The third-order valence-corrected chi connectivity index (χ3v) is 4.94. The second kappa shape index (κ2) is 7.20. The first-order valence-corrected chi connectivity index (χ1v) is 8.40. The number of likely N-dealkylation sites (N-methyl/N-ethyl adjacent to an activating group) is 1. The number of hydrogen-bond donors (Lipinski definition) is 1. The lowest BCUT2D eigenvalue weighted by atomic mass is 9.93. The number of thiazole rings is 1. The molecule has 0 spiro atoms. The largest absolute Gasteiger partial charge is 0.306 e. The molecule has 0 bridgehead atoms. The van der Waals surface area contributed by atoms with Gasteiger partial charge in [-0.15, -0.1) is 11.3 Å². The quantitative estimate of drug-likeness (QED) is 0.808. The van der Waals surface area contributed by atoms with Gasteiger partial charge in [0.15, 0.2) is 0 Å². The summed E-state index contributed by atoms with van der Waals surface area (Å²) in [7, 11) is 0. The molecule has 1 N–H and O–H groups in total. The van der Waals surface area contributed by atoms with Crippen molar-refractivity contribution in [3.63, 3.8) is 0 Å². The lowest BCUT2D eigenvalue weighted by molar-refractivity contribution is 0.557. The lowest BCUT2D eigenvalue weighted by Gasteiger charge is -2.22. The van der Waals surface area contributed by atoms with Crippen molar-refractivity contribution in [2.75, 3.05) is 6.54 Å². The van der Waals surface area contributed by atoms with Crippen LogP contribution in [0.15, 0.2) is 11.6 Å². The Labute approximate surface area is 121 Å². The van der Waals surface area contributed by atoms with Crippen molar-refractivity contribution in [2.24, 2.45) is 0 Å². The van der Waals surface area contributed by atoms with Crippen molar-refractivity contribution in [3.05, 3.63) is 27.2 Å². The standard InChI is InChI=1S/C16H26N2S/c1-4-17-15(16-12(2)18-13(3)19-16)14-10-8-6-5-7-9-11-14/h10,15,17H,4-9,11H2,1-3H3. The van der Waals surface area contributed by atoms with Crippen LogP contribution in [-0.4, -0.2) is 11.5 Å². The van der Waals surface area contributed by atoms with Gasteiger partial charge in [0.1, 0.15) is 0 Å². The van der Waals surface area contributed by atoms with Gasteiger partial charge in [-0.25, -0.2) is 4.98 Å². The highest BCUT2D eigenvalue weighted by Gasteiger charge is 2.20. The molecule has 19 heavy (non-hydrogen) atoms. The monoisotopic (exact) mass is 278 g/mol. The SMILES string of the molecule is CCNC(C1=CCCCCCC1)c1sc(C)nc1C. The van der Waals surface area contributed by atoms with Crippen LogP contribution in [0.5, 0.6) is 0 Å². The molecule has 1 atom stereocenters. The number of nitrogens with one attached hydrogen (secondary N) is 1. The van der Waals surface area contributed by atoms with Crippen molar-refractivity contribution >= 4 is 11.3 Å². The Bertz CT molecular complexity index is 434. The third kappa shape index (κ3) is 3.90. The topological polar surface area (TPSA) is 24.9 Å². The van der Waals surface area contributed by atoms with Crippen LogP contribution in [0.1, 0.15) is 67.1 Å². The highest BCUT2D eigenvalue weighted by molar-refractivity contribution is 7.11. The summed E-state index contributed by atoms with van der Waals surface area (Å²) < 4.78 is 0. The molecule has 1 aromatic rings. The maximum Gasteiger partial charge on any atom is 0.0900 e. The molecule has 0 aromatic carbocycles. The molecule has 1 aliphatic carbocycles. The molecule has 0 aliphatic heterocycles. The Morgan fingerprint density at radius 1 is 1.26 bits per heavy atom. The Morgan fingerprint density at radius 2 is 2.05 bits per heavy atom. The molecule has 106 valence electrons. The van der Waals surface area contributed by atoms with E-state index in [0.29, 0.717) is 6.04 Å². The van der Waals surface area contributed by atoms with Gasteiger partial charge in [0.2, 0.25) is 0 Å². The molecule has 2 rings (SSSR count). The Balaban J connectivity index is 2.25. The number of allylic oxidation sites excluding steroid dienone is 1. The number of nitrogens with zero attached hydrogens (tertiary/aromatic N) is 1. The van der Waals surface area contributed by atoms with Gasteiger partial charge in [-0.3, -0.25) is 0 Å². The Kier molecular flexibility index (Phi) is 5.59. The minimum absolute atomic E-state index is 0.397. The van der Waals surface area contributed by atoms with E-state index in [4.69, 9.17) is 0 Å². The van der Waals surface area contributed by atoms with E-state index in [-0.39, 0.29) is 0 Å². The average molecular weight is 278 g/mol. The van der Waals surface area contributed by atoms with E-state index in [2.05, 4.69) is 37.1 Å². The van der Waals surface area contributed by atoms with E-state index in [1.165, 1.54) is 54.1 Å². The fraction of sp³-hybridized carbons (Fsp3) is 0.688. The summed E-state index contributed by atoms with van der Waals surface area (Å²) in [6.45, 7) is 7.46. The molecular weight excluding hydrogens is 252 g/mol. The fourth-order valence-corrected chi connectivity index (χ4v) is 3.94. The number of hydrogen-bond acceptors (Lipinski definition) is 3. The predicted octanol–water partition coefficient (Wildman–Crippen LogP) is 4.69. The zero-order valence-electron chi connectivity index (χ0n) is 12.5. The van der Waals surface area contributed by atoms with E-state index in [9.17, 15) is 0 Å². The van der Waals surface area contributed by atoms with Gasteiger partial charge in [-0.1, -0.05) is 31.4 Å². The van der Waals surface area contributed by atoms with Crippen LogP contribution in [0.3, 0.4) is 0 Å². The van der Waals surface area contributed by atoms with Gasteiger partial charge in [0.05, 0.1) is 16.7 Å². The van der Waals surface area contributed by atoms with Gasteiger partial charge in [-0.05, 0) is 46.1 Å². The third-order valence-electron chi connectivity index (χ3n) is 3.81. The first-order valence-electron chi connectivity index (χ1n) is 7.58. The van der Waals surface area contributed by atoms with Crippen molar-refractivity contribution in [1.82, 2.24) is 10.3 Å². The van der Waals surface area contributed by atoms with E-state index in [1.807, 2.05) is 11.3 Å². The van der Waals surface area contributed by atoms with Crippen LogP contribution < -0.4 is 5.32 Å². The molecule has 0 radical (unpaired) electrons. The summed E-state index contributed by atoms with van der Waals surface area (Å²) in [5.41, 5.74) is 2.80. The number of aromatic nitrogens is 1. The van der Waals surface area contributed by atoms with Gasteiger partial charge in [-0.2, -0.15) is 0 Å². The van der Waals surface area contributed by atoms with E-state index >= 15 is 0 Å². The summed E-state index contributed by atoms with van der Waals surface area (Å²) in [4.78, 5) is 6.02. The van der Waals surface area contributed by atoms with Gasteiger partial charge in [0.25, 0.3) is 0 Å². The lowest BCUT2D eigenvalue weighted by Crippen LogP contribution is -2.23. The van der Waals surface area contributed by atoms with Crippen molar-refractivity contribution < 1.29 is 0 Å². The molecule has 0 fully saturated rings. The number of aryl methyl sites for hydroxylation is 2. The van der Waals surface area contributed by atoms with E-state index in [0.717, 1.165) is 6.54 Å². The summed E-state index contributed by atoms with van der Waals surface area (Å²) in [6.07, 6.45) is 10.4. The molecule has 0 saturated carbocycles. The van der Waals surface area contributed by atoms with Crippen molar-refractivity contribution in [1.29, 1.82) is 0 Å². The summed E-state index contributed by atoms with van der Waals surface area (Å²) in [6, 6.07) is 0.397. The molecule has 3 heteroatoms. The minimum Gasteiger partial charge on any atom is -0.306 e.